The van der Waals surface area contributed by atoms with Gasteiger partial charge in [0.25, 0.3) is 0 Å². The Balaban J connectivity index is 1.16. The van der Waals surface area contributed by atoms with Crippen LogP contribution in [0, 0.1) is 0 Å². The maximum absolute atomic E-state index is 12.6. The van der Waals surface area contributed by atoms with Crippen LogP contribution in [-0.2, 0) is 9.98 Å². The highest BCUT2D eigenvalue weighted by atomic mass is 31.2. The standard InChI is InChI=1S/C47H42N3OP/c1-52(2,51)41-30-24-35(25-31-41)34-20-26-39(27-21-34)47(32-12-5-13-33-47)40-28-22-38(23-29-40)45-48-44(37-16-8-4-9-17-37)49-46(50-45)43-19-11-10-18-42(43)36-14-6-3-7-15-36/h3-4,6-11,14-31H,5,12-13,32-33H2,1-2H3. The molecule has 0 N–H and O–H groups in total. The van der Waals surface area contributed by atoms with Crippen LogP contribution in [0.15, 0.2) is 158 Å². The molecule has 0 amide bonds. The first-order valence-corrected chi connectivity index (χ1v) is 20.8. The molecule has 8 rings (SSSR count). The van der Waals surface area contributed by atoms with Crippen molar-refractivity contribution >= 4 is 12.4 Å². The van der Waals surface area contributed by atoms with E-state index in [2.05, 4.69) is 115 Å². The Morgan fingerprint density at radius 2 is 0.846 bits per heavy atom. The minimum atomic E-state index is -2.28. The summed E-state index contributed by atoms with van der Waals surface area (Å²) in [5, 5.41) is 0.916. The minimum absolute atomic E-state index is 0.0513. The van der Waals surface area contributed by atoms with Gasteiger partial charge < -0.3 is 4.57 Å². The largest absolute Gasteiger partial charge is 0.319 e. The fourth-order valence-corrected chi connectivity index (χ4v) is 8.59. The van der Waals surface area contributed by atoms with Crippen LogP contribution in [0.3, 0.4) is 0 Å². The fraction of sp³-hybridized carbons (Fsp3) is 0.170. The molecular formula is C47H42N3OP. The molecule has 0 atom stereocenters. The number of rotatable bonds is 8. The number of nitrogens with zero attached hydrogens (tertiary/aromatic N) is 3. The predicted molar refractivity (Wildman–Crippen MR) is 216 cm³/mol. The van der Waals surface area contributed by atoms with E-state index >= 15 is 0 Å². The van der Waals surface area contributed by atoms with E-state index in [1.165, 1.54) is 36.0 Å². The Morgan fingerprint density at radius 1 is 0.423 bits per heavy atom. The summed E-state index contributed by atoms with van der Waals surface area (Å²) in [5.74, 6) is 1.97. The van der Waals surface area contributed by atoms with Crippen LogP contribution in [0.5, 0.6) is 0 Å². The first-order chi connectivity index (χ1) is 25.4. The van der Waals surface area contributed by atoms with Crippen molar-refractivity contribution in [2.75, 3.05) is 13.3 Å². The van der Waals surface area contributed by atoms with Gasteiger partial charge in [-0.05, 0) is 59.6 Å². The molecule has 1 saturated carbocycles. The van der Waals surface area contributed by atoms with Crippen LogP contribution >= 0.6 is 7.14 Å². The lowest BCUT2D eigenvalue weighted by molar-refractivity contribution is 0.346. The van der Waals surface area contributed by atoms with Crippen molar-refractivity contribution in [2.45, 2.75) is 37.5 Å². The molecule has 52 heavy (non-hydrogen) atoms. The maximum Gasteiger partial charge on any atom is 0.164 e. The average molecular weight is 696 g/mol. The van der Waals surface area contributed by atoms with Crippen molar-refractivity contribution < 1.29 is 4.57 Å². The number of hydrogen-bond acceptors (Lipinski definition) is 4. The average Bonchev–Trinajstić information content (AvgIpc) is 3.21. The van der Waals surface area contributed by atoms with Crippen molar-refractivity contribution in [3.8, 4) is 56.4 Å². The van der Waals surface area contributed by atoms with Crippen molar-refractivity contribution in [2.24, 2.45) is 0 Å². The van der Waals surface area contributed by atoms with Gasteiger partial charge in [-0.3, -0.25) is 0 Å². The van der Waals surface area contributed by atoms with Gasteiger partial charge in [0.1, 0.15) is 7.14 Å². The second kappa shape index (κ2) is 14.3. The van der Waals surface area contributed by atoms with E-state index < -0.39 is 7.14 Å². The Hall–Kier alpha value is -5.44. The van der Waals surface area contributed by atoms with Crippen LogP contribution in [0.2, 0.25) is 0 Å². The zero-order valence-electron chi connectivity index (χ0n) is 29.7. The highest BCUT2D eigenvalue weighted by Crippen LogP contribution is 2.46. The summed E-state index contributed by atoms with van der Waals surface area (Å²) < 4.78 is 12.6. The van der Waals surface area contributed by atoms with Crippen molar-refractivity contribution in [1.29, 1.82) is 0 Å². The lowest BCUT2D eigenvalue weighted by atomic mass is 9.65. The van der Waals surface area contributed by atoms with Crippen LogP contribution in [0.25, 0.3) is 56.4 Å². The SMILES string of the molecule is CP(C)(=O)c1ccc(-c2ccc(C3(c4ccc(-c5nc(-c6ccccc6)nc(-c6ccccc6-c6ccccc6)n5)cc4)CCCCC3)cc2)cc1. The van der Waals surface area contributed by atoms with Gasteiger partial charge in [-0.1, -0.05) is 177 Å². The molecule has 0 radical (unpaired) electrons. The van der Waals surface area contributed by atoms with E-state index in [1.807, 2.05) is 55.8 Å². The molecule has 1 heterocycles. The first-order valence-electron chi connectivity index (χ1n) is 18.2. The Kier molecular flexibility index (Phi) is 9.26. The molecule has 1 aliphatic carbocycles. The molecule has 0 spiro atoms. The van der Waals surface area contributed by atoms with Gasteiger partial charge in [0.2, 0.25) is 0 Å². The van der Waals surface area contributed by atoms with Gasteiger partial charge in [-0.15, -0.1) is 0 Å². The second-order valence-corrected chi connectivity index (χ2v) is 17.5. The van der Waals surface area contributed by atoms with E-state index in [9.17, 15) is 4.57 Å². The third-order valence-corrected chi connectivity index (χ3v) is 12.1. The summed E-state index contributed by atoms with van der Waals surface area (Å²) >= 11 is 0. The van der Waals surface area contributed by atoms with E-state index in [0.717, 1.165) is 51.5 Å². The van der Waals surface area contributed by atoms with Gasteiger partial charge in [0, 0.05) is 27.4 Å². The van der Waals surface area contributed by atoms with Crippen molar-refractivity contribution in [3.63, 3.8) is 0 Å². The van der Waals surface area contributed by atoms with Gasteiger partial charge in [-0.2, -0.15) is 0 Å². The van der Waals surface area contributed by atoms with E-state index in [0.29, 0.717) is 17.5 Å². The number of benzene rings is 6. The van der Waals surface area contributed by atoms with Crippen LogP contribution in [0.1, 0.15) is 43.2 Å². The summed E-state index contributed by atoms with van der Waals surface area (Å²) in [6, 6.07) is 55.2. The third-order valence-electron chi connectivity index (χ3n) is 10.6. The molecular weight excluding hydrogens is 654 g/mol. The molecule has 0 bridgehead atoms. The molecule has 4 nitrogen and oxygen atoms in total. The molecule has 0 saturated heterocycles. The lowest BCUT2D eigenvalue weighted by Crippen LogP contribution is -2.30. The molecule has 0 aliphatic heterocycles. The number of aromatic nitrogens is 3. The molecule has 1 aromatic heterocycles. The third kappa shape index (κ3) is 6.79. The fourth-order valence-electron chi connectivity index (χ4n) is 7.72. The second-order valence-electron chi connectivity index (χ2n) is 14.3. The lowest BCUT2D eigenvalue weighted by Gasteiger charge is -2.39. The quantitative estimate of drug-likeness (QED) is 0.149. The smallest absolute Gasteiger partial charge is 0.164 e. The Morgan fingerprint density at radius 3 is 1.38 bits per heavy atom. The molecule has 1 aliphatic rings. The van der Waals surface area contributed by atoms with Gasteiger partial charge in [0.05, 0.1) is 0 Å². The minimum Gasteiger partial charge on any atom is -0.319 e. The highest BCUT2D eigenvalue weighted by molar-refractivity contribution is 7.70. The number of hydrogen-bond donors (Lipinski definition) is 0. The molecule has 5 heteroatoms. The molecule has 256 valence electrons. The van der Waals surface area contributed by atoms with E-state index in [-0.39, 0.29) is 5.41 Å². The molecule has 6 aromatic carbocycles. The zero-order chi connectivity index (χ0) is 35.5. The zero-order valence-corrected chi connectivity index (χ0v) is 30.6. The Bertz CT molecular complexity index is 2340. The van der Waals surface area contributed by atoms with Crippen molar-refractivity contribution in [1.82, 2.24) is 15.0 Å². The topological polar surface area (TPSA) is 55.7 Å². The van der Waals surface area contributed by atoms with Gasteiger partial charge in [-0.25, -0.2) is 15.0 Å². The highest BCUT2D eigenvalue weighted by Gasteiger charge is 2.35. The summed E-state index contributed by atoms with van der Waals surface area (Å²) in [7, 11) is -2.28. The molecule has 0 unspecified atom stereocenters. The van der Waals surface area contributed by atoms with Gasteiger partial charge >= 0.3 is 0 Å². The molecule has 1 fully saturated rings. The van der Waals surface area contributed by atoms with Crippen LogP contribution in [0.4, 0.5) is 0 Å². The van der Waals surface area contributed by atoms with Crippen LogP contribution in [-0.4, -0.2) is 28.3 Å². The summed E-state index contributed by atoms with van der Waals surface area (Å²) in [5.41, 5.74) is 10.1. The normalized spacial score (nSPS) is 14.2. The molecule has 7 aromatic rings. The summed E-state index contributed by atoms with van der Waals surface area (Å²) in [6.45, 7) is 3.64. The summed E-state index contributed by atoms with van der Waals surface area (Å²) in [4.78, 5) is 15.2. The van der Waals surface area contributed by atoms with Gasteiger partial charge in [0.15, 0.2) is 17.5 Å². The monoisotopic (exact) mass is 695 g/mol. The first kappa shape index (κ1) is 33.7. The van der Waals surface area contributed by atoms with E-state index in [4.69, 9.17) is 15.0 Å². The van der Waals surface area contributed by atoms with Crippen LogP contribution < -0.4 is 5.30 Å². The maximum atomic E-state index is 12.6. The summed E-state index contributed by atoms with van der Waals surface area (Å²) in [6.07, 6.45) is 5.91. The van der Waals surface area contributed by atoms with Crippen molar-refractivity contribution in [3.05, 3.63) is 169 Å². The Labute approximate surface area is 307 Å². The van der Waals surface area contributed by atoms with E-state index in [1.54, 1.807) is 0 Å². The predicted octanol–water partition coefficient (Wildman–Crippen LogP) is 11.7.